The van der Waals surface area contributed by atoms with Crippen molar-refractivity contribution >= 4 is 29.9 Å². The fourth-order valence-electron chi connectivity index (χ4n) is 2.02. The van der Waals surface area contributed by atoms with E-state index in [1.807, 2.05) is 62.3 Å². The maximum absolute atomic E-state index is 5.87. The molecular formula is C14H22IN3O2. The topological polar surface area (TPSA) is 37.3 Å². The predicted molar refractivity (Wildman–Crippen MR) is 91.4 cm³/mol. The lowest BCUT2D eigenvalue weighted by molar-refractivity contribution is 0.0968. The minimum atomic E-state index is -0.0372. The van der Waals surface area contributed by atoms with E-state index in [0.29, 0.717) is 13.2 Å². The number of rotatable bonds is 2. The molecule has 0 radical (unpaired) electrons. The fourth-order valence-corrected chi connectivity index (χ4v) is 2.02. The molecule has 0 amide bonds. The molecule has 0 fully saturated rings. The molecule has 0 saturated heterocycles. The average Bonchev–Trinajstić information content (AvgIpc) is 2.38. The largest absolute Gasteiger partial charge is 0.486 e. The number of guanidine groups is 1. The third-order valence-electron chi connectivity index (χ3n) is 2.80. The molecule has 0 N–H and O–H groups in total. The van der Waals surface area contributed by atoms with Crippen LogP contribution in [0.15, 0.2) is 29.3 Å². The Hall–Kier alpha value is -1.18. The number of fused-ring (bicyclic) bond motifs is 1. The quantitative estimate of drug-likeness (QED) is 0.439. The van der Waals surface area contributed by atoms with Crippen molar-refractivity contribution in [2.75, 3.05) is 41.3 Å². The van der Waals surface area contributed by atoms with Gasteiger partial charge in [-0.25, -0.2) is 4.99 Å². The minimum Gasteiger partial charge on any atom is -0.486 e. The first-order valence-electron chi connectivity index (χ1n) is 6.35. The zero-order chi connectivity index (χ0) is 13.8. The molecular weight excluding hydrogens is 369 g/mol. The smallest absolute Gasteiger partial charge is 0.195 e. The Morgan fingerprint density at radius 1 is 1.15 bits per heavy atom. The van der Waals surface area contributed by atoms with Crippen LogP contribution in [0.3, 0.4) is 0 Å². The summed E-state index contributed by atoms with van der Waals surface area (Å²) in [6, 6.07) is 7.72. The number of hydrogen-bond donors (Lipinski definition) is 0. The molecule has 1 heterocycles. The van der Waals surface area contributed by atoms with E-state index in [1.54, 1.807) is 0 Å². The summed E-state index contributed by atoms with van der Waals surface area (Å²) in [5.41, 5.74) is 0. The summed E-state index contributed by atoms with van der Waals surface area (Å²) in [5, 5.41) is 0. The summed E-state index contributed by atoms with van der Waals surface area (Å²) in [4.78, 5) is 8.55. The van der Waals surface area contributed by atoms with Crippen molar-refractivity contribution < 1.29 is 9.47 Å². The molecule has 1 aromatic rings. The molecule has 0 saturated carbocycles. The lowest BCUT2D eigenvalue weighted by Crippen LogP contribution is -2.38. The van der Waals surface area contributed by atoms with E-state index in [-0.39, 0.29) is 30.1 Å². The highest BCUT2D eigenvalue weighted by atomic mass is 127. The Morgan fingerprint density at radius 3 is 2.35 bits per heavy atom. The number of hydrogen-bond acceptors (Lipinski definition) is 3. The summed E-state index contributed by atoms with van der Waals surface area (Å²) in [5.74, 6) is 2.52. The zero-order valence-corrected chi connectivity index (χ0v) is 14.7. The van der Waals surface area contributed by atoms with E-state index in [4.69, 9.17) is 9.47 Å². The highest BCUT2D eigenvalue weighted by molar-refractivity contribution is 14.0. The lowest BCUT2D eigenvalue weighted by atomic mass is 10.2. The second-order valence-corrected chi connectivity index (χ2v) is 4.93. The number of nitrogens with zero attached hydrogens (tertiary/aromatic N) is 3. The molecule has 0 aromatic heterocycles. The Balaban J connectivity index is 0.00000200. The van der Waals surface area contributed by atoms with Crippen molar-refractivity contribution in [3.05, 3.63) is 24.3 Å². The van der Waals surface area contributed by atoms with Crippen molar-refractivity contribution in [3.8, 4) is 11.5 Å². The van der Waals surface area contributed by atoms with Crippen LogP contribution in [0.25, 0.3) is 0 Å². The predicted octanol–water partition coefficient (Wildman–Crippen LogP) is 1.92. The third kappa shape index (κ3) is 4.16. The Labute approximate surface area is 137 Å². The molecule has 6 heteroatoms. The van der Waals surface area contributed by atoms with Crippen molar-refractivity contribution in [2.45, 2.75) is 6.10 Å². The highest BCUT2D eigenvalue weighted by Crippen LogP contribution is 2.30. The van der Waals surface area contributed by atoms with E-state index in [2.05, 4.69) is 4.99 Å². The third-order valence-corrected chi connectivity index (χ3v) is 2.80. The second-order valence-electron chi connectivity index (χ2n) is 4.93. The molecule has 1 aliphatic heterocycles. The molecule has 1 aliphatic rings. The van der Waals surface area contributed by atoms with E-state index in [0.717, 1.165) is 17.5 Å². The van der Waals surface area contributed by atoms with Gasteiger partial charge >= 0.3 is 0 Å². The van der Waals surface area contributed by atoms with E-state index >= 15 is 0 Å². The molecule has 1 aromatic carbocycles. The van der Waals surface area contributed by atoms with Gasteiger partial charge in [0.2, 0.25) is 0 Å². The van der Waals surface area contributed by atoms with Crippen LogP contribution < -0.4 is 9.47 Å². The molecule has 5 nitrogen and oxygen atoms in total. The van der Waals surface area contributed by atoms with Crippen LogP contribution in [0.2, 0.25) is 0 Å². The number of benzene rings is 1. The SMILES string of the molecule is CN(C)C(=NCC1COc2ccccc2O1)N(C)C.I. The number of aliphatic imine (C=N–C) groups is 1. The zero-order valence-electron chi connectivity index (χ0n) is 12.4. The lowest BCUT2D eigenvalue weighted by Gasteiger charge is -2.27. The summed E-state index contributed by atoms with van der Waals surface area (Å²) < 4.78 is 11.5. The molecule has 2 rings (SSSR count). The molecule has 20 heavy (non-hydrogen) atoms. The van der Waals surface area contributed by atoms with Crippen LogP contribution in [0.5, 0.6) is 11.5 Å². The van der Waals surface area contributed by atoms with Gasteiger partial charge in [0.1, 0.15) is 6.61 Å². The van der Waals surface area contributed by atoms with Gasteiger partial charge < -0.3 is 19.3 Å². The van der Waals surface area contributed by atoms with E-state index < -0.39 is 0 Å². The normalized spacial score (nSPS) is 15.9. The van der Waals surface area contributed by atoms with Crippen LogP contribution in [0.4, 0.5) is 0 Å². The maximum atomic E-state index is 5.87. The molecule has 1 atom stereocenters. The molecule has 0 aliphatic carbocycles. The summed E-state index contributed by atoms with van der Waals surface area (Å²) in [6.07, 6.45) is -0.0372. The Kier molecular flexibility index (Phi) is 6.38. The van der Waals surface area contributed by atoms with Gasteiger partial charge in [-0.3, -0.25) is 0 Å². The van der Waals surface area contributed by atoms with Gasteiger partial charge in [-0.05, 0) is 12.1 Å². The second kappa shape index (κ2) is 7.56. The molecule has 112 valence electrons. The highest BCUT2D eigenvalue weighted by Gasteiger charge is 2.20. The molecule has 0 bridgehead atoms. The fraction of sp³-hybridized carbons (Fsp3) is 0.500. The average molecular weight is 391 g/mol. The standard InChI is InChI=1S/C14H21N3O2.HI/c1-16(2)14(17(3)4)15-9-11-10-18-12-7-5-6-8-13(12)19-11;/h5-8,11H,9-10H2,1-4H3;1H. The monoisotopic (exact) mass is 391 g/mol. The first-order valence-corrected chi connectivity index (χ1v) is 6.35. The van der Waals surface area contributed by atoms with Crippen LogP contribution in [-0.4, -0.2) is 63.2 Å². The first kappa shape index (κ1) is 16.9. The van der Waals surface area contributed by atoms with Crippen LogP contribution in [-0.2, 0) is 0 Å². The van der Waals surface area contributed by atoms with Crippen molar-refractivity contribution in [1.29, 1.82) is 0 Å². The maximum Gasteiger partial charge on any atom is 0.195 e. The van der Waals surface area contributed by atoms with E-state index in [9.17, 15) is 0 Å². The molecule has 1 unspecified atom stereocenters. The summed E-state index contributed by atoms with van der Waals surface area (Å²) >= 11 is 0. The Morgan fingerprint density at radius 2 is 1.75 bits per heavy atom. The van der Waals surface area contributed by atoms with Crippen LogP contribution in [0, 0.1) is 0 Å². The van der Waals surface area contributed by atoms with Gasteiger partial charge in [0.05, 0.1) is 6.54 Å². The van der Waals surface area contributed by atoms with Gasteiger partial charge in [0.15, 0.2) is 23.6 Å². The number of halogens is 1. The number of ether oxygens (including phenoxy) is 2. The summed E-state index contributed by atoms with van der Waals surface area (Å²) in [6.45, 7) is 1.12. The van der Waals surface area contributed by atoms with E-state index in [1.165, 1.54) is 0 Å². The summed E-state index contributed by atoms with van der Waals surface area (Å²) in [7, 11) is 7.91. The van der Waals surface area contributed by atoms with Gasteiger partial charge in [-0.15, -0.1) is 24.0 Å². The Bertz CT molecular complexity index is 453. The van der Waals surface area contributed by atoms with Gasteiger partial charge in [0.25, 0.3) is 0 Å². The van der Waals surface area contributed by atoms with Crippen LogP contribution >= 0.6 is 24.0 Å². The first-order chi connectivity index (χ1) is 9.08. The number of para-hydroxylation sites is 2. The van der Waals surface area contributed by atoms with Crippen molar-refractivity contribution in [3.63, 3.8) is 0 Å². The van der Waals surface area contributed by atoms with Crippen LogP contribution in [0.1, 0.15) is 0 Å². The van der Waals surface area contributed by atoms with Gasteiger partial charge in [-0.2, -0.15) is 0 Å². The molecule has 0 spiro atoms. The minimum absolute atomic E-state index is 0. The van der Waals surface area contributed by atoms with Crippen molar-refractivity contribution in [2.24, 2.45) is 4.99 Å². The van der Waals surface area contributed by atoms with Gasteiger partial charge in [-0.1, -0.05) is 12.1 Å². The van der Waals surface area contributed by atoms with Gasteiger partial charge in [0, 0.05) is 28.2 Å². The van der Waals surface area contributed by atoms with Crippen molar-refractivity contribution in [1.82, 2.24) is 9.80 Å².